The van der Waals surface area contributed by atoms with Crippen LogP contribution in [0.25, 0.3) is 6.08 Å². The Balaban J connectivity index is 2.17. The van der Waals surface area contributed by atoms with Gasteiger partial charge in [0.05, 0.1) is 13.7 Å². The van der Waals surface area contributed by atoms with Crippen LogP contribution in [-0.4, -0.2) is 25.7 Å². The first-order valence-corrected chi connectivity index (χ1v) is 8.82. The molecule has 134 valence electrons. The second-order valence-electron chi connectivity index (χ2n) is 6.35. The lowest BCUT2D eigenvalue weighted by Gasteiger charge is -2.29. The third-order valence-electron chi connectivity index (χ3n) is 4.59. The van der Waals surface area contributed by atoms with Gasteiger partial charge in [0, 0.05) is 6.04 Å². The number of rotatable bonds is 6. The first kappa shape index (κ1) is 18.9. The molecule has 0 spiro atoms. The maximum atomic E-state index is 12.5. The average Bonchev–Trinajstić information content (AvgIpc) is 2.62. The Kier molecular flexibility index (Phi) is 6.88. The van der Waals surface area contributed by atoms with Crippen molar-refractivity contribution in [2.45, 2.75) is 45.6 Å². The predicted octanol–water partition coefficient (Wildman–Crippen LogP) is 3.70. The third kappa shape index (κ3) is 4.99. The van der Waals surface area contributed by atoms with Crippen LogP contribution in [0.5, 0.6) is 11.5 Å². The smallest absolute Gasteiger partial charge is 0.262 e. The summed E-state index contributed by atoms with van der Waals surface area (Å²) in [6.45, 7) is 4.55. The fourth-order valence-corrected chi connectivity index (χ4v) is 3.14. The molecule has 2 rings (SSSR count). The highest BCUT2D eigenvalue weighted by Gasteiger charge is 2.24. The highest BCUT2D eigenvalue weighted by atomic mass is 16.5. The van der Waals surface area contributed by atoms with Crippen molar-refractivity contribution in [2.24, 2.45) is 5.92 Å². The summed E-state index contributed by atoms with van der Waals surface area (Å²) >= 11 is 0. The molecule has 1 amide bonds. The van der Waals surface area contributed by atoms with Crippen LogP contribution in [0.4, 0.5) is 0 Å². The van der Waals surface area contributed by atoms with Crippen molar-refractivity contribution < 1.29 is 14.3 Å². The fourth-order valence-electron chi connectivity index (χ4n) is 3.14. The quantitative estimate of drug-likeness (QED) is 0.632. The van der Waals surface area contributed by atoms with Gasteiger partial charge in [-0.2, -0.15) is 5.26 Å². The van der Waals surface area contributed by atoms with E-state index in [2.05, 4.69) is 12.2 Å². The lowest BCUT2D eigenvalue weighted by Crippen LogP contribution is -2.41. The van der Waals surface area contributed by atoms with E-state index in [-0.39, 0.29) is 17.5 Å². The Morgan fingerprint density at radius 3 is 2.76 bits per heavy atom. The number of methoxy groups -OCH3 is 1. The van der Waals surface area contributed by atoms with Crippen molar-refractivity contribution in [3.63, 3.8) is 0 Å². The van der Waals surface area contributed by atoms with E-state index in [1.54, 1.807) is 31.4 Å². The molecule has 5 nitrogen and oxygen atoms in total. The van der Waals surface area contributed by atoms with Crippen LogP contribution in [-0.2, 0) is 4.79 Å². The Labute approximate surface area is 149 Å². The van der Waals surface area contributed by atoms with Gasteiger partial charge in [0.2, 0.25) is 0 Å². The Morgan fingerprint density at radius 2 is 2.12 bits per heavy atom. The molecule has 1 aliphatic rings. The van der Waals surface area contributed by atoms with Crippen LogP contribution >= 0.6 is 0 Å². The van der Waals surface area contributed by atoms with E-state index >= 15 is 0 Å². The van der Waals surface area contributed by atoms with Crippen LogP contribution in [0.15, 0.2) is 23.8 Å². The van der Waals surface area contributed by atoms with Crippen molar-refractivity contribution in [1.82, 2.24) is 5.32 Å². The summed E-state index contributed by atoms with van der Waals surface area (Å²) < 4.78 is 10.8. The number of carbonyl (C=O) groups excluding carboxylic acids is 1. The zero-order chi connectivity index (χ0) is 18.2. The minimum Gasteiger partial charge on any atom is -0.493 e. The first-order valence-electron chi connectivity index (χ1n) is 8.82. The molecule has 1 saturated carbocycles. The molecule has 1 N–H and O–H groups in total. The van der Waals surface area contributed by atoms with E-state index in [1.165, 1.54) is 6.42 Å². The van der Waals surface area contributed by atoms with Crippen molar-refractivity contribution in [1.29, 1.82) is 5.26 Å². The summed E-state index contributed by atoms with van der Waals surface area (Å²) in [5, 5.41) is 12.4. The number of hydrogen-bond acceptors (Lipinski definition) is 4. The van der Waals surface area contributed by atoms with Gasteiger partial charge in [0.15, 0.2) is 11.5 Å². The molecule has 1 aromatic carbocycles. The lowest BCUT2D eigenvalue weighted by atomic mass is 9.86. The minimum atomic E-state index is -0.310. The Bertz CT molecular complexity index is 676. The molecular weight excluding hydrogens is 316 g/mol. The summed E-state index contributed by atoms with van der Waals surface area (Å²) in [6.07, 6.45) is 6.01. The second-order valence-corrected chi connectivity index (χ2v) is 6.35. The van der Waals surface area contributed by atoms with Crippen LogP contribution in [0.3, 0.4) is 0 Å². The Morgan fingerprint density at radius 1 is 1.36 bits per heavy atom. The fraction of sp³-hybridized carbons (Fsp3) is 0.500. The zero-order valence-electron chi connectivity index (χ0n) is 15.2. The van der Waals surface area contributed by atoms with E-state index in [4.69, 9.17) is 9.47 Å². The largest absolute Gasteiger partial charge is 0.493 e. The predicted molar refractivity (Wildman–Crippen MR) is 97.3 cm³/mol. The summed E-state index contributed by atoms with van der Waals surface area (Å²) in [5.74, 6) is 1.36. The van der Waals surface area contributed by atoms with E-state index in [0.717, 1.165) is 24.8 Å². The van der Waals surface area contributed by atoms with Gasteiger partial charge in [-0.25, -0.2) is 0 Å². The van der Waals surface area contributed by atoms with Gasteiger partial charge in [0.25, 0.3) is 5.91 Å². The van der Waals surface area contributed by atoms with Crippen LogP contribution in [0, 0.1) is 17.2 Å². The van der Waals surface area contributed by atoms with Gasteiger partial charge in [-0.05, 0) is 49.5 Å². The molecule has 0 aliphatic heterocycles. The molecule has 2 atom stereocenters. The number of amides is 1. The van der Waals surface area contributed by atoms with Crippen LogP contribution < -0.4 is 14.8 Å². The number of nitrogens with one attached hydrogen (secondary N) is 1. The average molecular weight is 342 g/mol. The van der Waals surface area contributed by atoms with E-state index in [1.807, 2.05) is 13.0 Å². The lowest BCUT2D eigenvalue weighted by molar-refractivity contribution is -0.118. The second kappa shape index (κ2) is 9.12. The normalized spacial score (nSPS) is 20.5. The monoisotopic (exact) mass is 342 g/mol. The van der Waals surface area contributed by atoms with Gasteiger partial charge in [-0.1, -0.05) is 25.8 Å². The first-order chi connectivity index (χ1) is 12.1. The van der Waals surface area contributed by atoms with Crippen molar-refractivity contribution in [2.75, 3.05) is 13.7 Å². The number of benzene rings is 1. The van der Waals surface area contributed by atoms with Gasteiger partial charge in [0.1, 0.15) is 11.6 Å². The molecular formula is C20H26N2O3. The molecule has 0 aromatic heterocycles. The molecule has 1 aromatic rings. The maximum Gasteiger partial charge on any atom is 0.262 e. The number of nitriles is 1. The SMILES string of the molecule is CCOc1cc(/C=C(\C#N)C(=O)N[C@H]2CCCC[C@@H]2C)ccc1OC. The summed E-state index contributed by atoms with van der Waals surface area (Å²) in [7, 11) is 1.58. The Hall–Kier alpha value is -2.48. The minimum absolute atomic E-state index is 0.102. The highest BCUT2D eigenvalue weighted by molar-refractivity contribution is 6.01. The number of ether oxygens (including phenoxy) is 2. The van der Waals surface area contributed by atoms with E-state index in [0.29, 0.717) is 24.0 Å². The summed E-state index contributed by atoms with van der Waals surface area (Å²) in [4.78, 5) is 12.5. The number of carbonyl (C=O) groups is 1. The van der Waals surface area contributed by atoms with Crippen LogP contribution in [0.1, 0.15) is 45.1 Å². The van der Waals surface area contributed by atoms with Crippen molar-refractivity contribution in [3.05, 3.63) is 29.3 Å². The highest BCUT2D eigenvalue weighted by Crippen LogP contribution is 2.29. The van der Waals surface area contributed by atoms with Gasteiger partial charge < -0.3 is 14.8 Å². The number of hydrogen-bond donors (Lipinski definition) is 1. The van der Waals surface area contributed by atoms with Crippen LogP contribution in [0.2, 0.25) is 0 Å². The standard InChI is InChI=1S/C20H26N2O3/c1-4-25-19-12-15(9-10-18(19)24-3)11-16(13-21)20(23)22-17-8-6-5-7-14(17)2/h9-12,14,17H,4-8H2,1-3H3,(H,22,23)/b16-11+/t14-,17-/m0/s1. The maximum absolute atomic E-state index is 12.5. The molecule has 0 heterocycles. The van der Waals surface area contributed by atoms with E-state index in [9.17, 15) is 10.1 Å². The number of nitrogens with zero attached hydrogens (tertiary/aromatic N) is 1. The van der Waals surface area contributed by atoms with Crippen molar-refractivity contribution >= 4 is 12.0 Å². The molecule has 0 unspecified atom stereocenters. The van der Waals surface area contributed by atoms with Gasteiger partial charge >= 0.3 is 0 Å². The van der Waals surface area contributed by atoms with Crippen molar-refractivity contribution in [3.8, 4) is 17.6 Å². The molecule has 0 bridgehead atoms. The molecule has 1 fully saturated rings. The summed E-state index contributed by atoms with van der Waals surface area (Å²) in [5.41, 5.74) is 0.832. The van der Waals surface area contributed by atoms with E-state index < -0.39 is 0 Å². The van der Waals surface area contributed by atoms with Gasteiger partial charge in [-0.3, -0.25) is 4.79 Å². The third-order valence-corrected chi connectivity index (χ3v) is 4.59. The molecule has 1 aliphatic carbocycles. The molecule has 5 heteroatoms. The summed E-state index contributed by atoms with van der Waals surface area (Å²) in [6, 6.07) is 7.50. The molecule has 0 radical (unpaired) electrons. The zero-order valence-corrected chi connectivity index (χ0v) is 15.2. The molecule has 0 saturated heterocycles. The van der Waals surface area contributed by atoms with Gasteiger partial charge in [-0.15, -0.1) is 0 Å². The topological polar surface area (TPSA) is 71.3 Å². The molecule has 25 heavy (non-hydrogen) atoms.